The fourth-order valence-corrected chi connectivity index (χ4v) is 1.62. The molecular weight excluding hydrogens is 201 g/mol. The molecule has 0 spiro atoms. The van der Waals surface area contributed by atoms with Gasteiger partial charge in [-0.25, -0.2) is 4.39 Å². The molecule has 1 aliphatic carbocycles. The van der Waals surface area contributed by atoms with Gasteiger partial charge >= 0.3 is 0 Å². The number of nitrogens with one attached hydrogen (secondary N) is 1. The molecule has 76 valence electrons. The topological polar surface area (TPSA) is 12.0 Å². The summed E-state index contributed by atoms with van der Waals surface area (Å²) in [6, 6.07) is 5.58. The molecule has 2 rings (SSSR count). The van der Waals surface area contributed by atoms with E-state index in [1.807, 2.05) is 25.1 Å². The van der Waals surface area contributed by atoms with Gasteiger partial charge in [0.15, 0.2) is 0 Å². The van der Waals surface area contributed by atoms with Crippen LogP contribution in [-0.2, 0) is 0 Å². The summed E-state index contributed by atoms with van der Waals surface area (Å²) in [5.74, 6) is 0. The van der Waals surface area contributed by atoms with Gasteiger partial charge in [0.25, 0.3) is 0 Å². The van der Waals surface area contributed by atoms with Gasteiger partial charge in [-0.15, -0.1) is 0 Å². The first-order chi connectivity index (χ1) is 6.59. The van der Waals surface area contributed by atoms with Gasteiger partial charge in [0.2, 0.25) is 0 Å². The van der Waals surface area contributed by atoms with Crippen molar-refractivity contribution in [2.75, 3.05) is 11.9 Å². The maximum Gasteiger partial charge on any atom is 0.128 e. The average Bonchev–Trinajstić information content (AvgIpc) is 2.83. The van der Waals surface area contributed by atoms with Crippen LogP contribution in [0.5, 0.6) is 0 Å². The van der Waals surface area contributed by atoms with E-state index in [1.165, 1.54) is 0 Å². The summed E-state index contributed by atoms with van der Waals surface area (Å²) < 4.78 is 13.3. The second-order valence-corrected chi connectivity index (χ2v) is 4.40. The van der Waals surface area contributed by atoms with E-state index in [9.17, 15) is 4.39 Å². The lowest BCUT2D eigenvalue weighted by Gasteiger charge is -2.11. The van der Waals surface area contributed by atoms with Crippen LogP contribution in [0.1, 0.15) is 18.4 Å². The molecule has 1 aromatic rings. The highest BCUT2D eigenvalue weighted by atomic mass is 35.5. The van der Waals surface area contributed by atoms with E-state index >= 15 is 0 Å². The third kappa shape index (κ3) is 2.18. The lowest BCUT2D eigenvalue weighted by Crippen LogP contribution is -2.16. The molecule has 0 bridgehead atoms. The van der Waals surface area contributed by atoms with Gasteiger partial charge in [0.05, 0.1) is 0 Å². The zero-order valence-corrected chi connectivity index (χ0v) is 8.87. The molecule has 1 nitrogen and oxygen atoms in total. The minimum Gasteiger partial charge on any atom is -0.382 e. The van der Waals surface area contributed by atoms with E-state index in [0.29, 0.717) is 19.4 Å². The first-order valence-electron chi connectivity index (χ1n) is 4.78. The third-order valence-electron chi connectivity index (χ3n) is 2.58. The third-order valence-corrected chi connectivity index (χ3v) is 2.81. The van der Waals surface area contributed by atoms with Crippen molar-refractivity contribution in [3.05, 3.63) is 28.8 Å². The predicted octanol–water partition coefficient (Wildman–Crippen LogP) is 3.56. The minimum atomic E-state index is -0.952. The van der Waals surface area contributed by atoms with E-state index in [1.54, 1.807) is 0 Å². The van der Waals surface area contributed by atoms with Crippen LogP contribution in [0.4, 0.5) is 10.1 Å². The van der Waals surface area contributed by atoms with Crippen LogP contribution in [0.2, 0.25) is 5.02 Å². The van der Waals surface area contributed by atoms with Crippen LogP contribution in [0.3, 0.4) is 0 Å². The van der Waals surface area contributed by atoms with Crippen molar-refractivity contribution < 1.29 is 4.39 Å². The Hall–Kier alpha value is -0.760. The van der Waals surface area contributed by atoms with Crippen LogP contribution in [0, 0.1) is 6.92 Å². The highest BCUT2D eigenvalue weighted by Crippen LogP contribution is 2.39. The molecule has 3 heteroatoms. The van der Waals surface area contributed by atoms with Gasteiger partial charge in [-0.1, -0.05) is 11.6 Å². The Morgan fingerprint density at radius 2 is 2.21 bits per heavy atom. The lowest BCUT2D eigenvalue weighted by molar-refractivity contribution is 0.326. The Balaban J connectivity index is 2.02. The van der Waals surface area contributed by atoms with Gasteiger partial charge in [-0.3, -0.25) is 0 Å². The largest absolute Gasteiger partial charge is 0.382 e. The van der Waals surface area contributed by atoms with Crippen LogP contribution in [-0.4, -0.2) is 12.2 Å². The predicted molar refractivity (Wildman–Crippen MR) is 57.8 cm³/mol. The smallest absolute Gasteiger partial charge is 0.128 e. The summed E-state index contributed by atoms with van der Waals surface area (Å²) in [6.07, 6.45) is 1.37. The molecule has 0 aliphatic heterocycles. The number of alkyl halides is 1. The molecule has 1 aliphatic rings. The number of hydrogen-bond acceptors (Lipinski definition) is 1. The molecule has 1 aromatic carbocycles. The second kappa shape index (κ2) is 3.43. The Morgan fingerprint density at radius 3 is 2.79 bits per heavy atom. The normalized spacial score (nSPS) is 17.9. The van der Waals surface area contributed by atoms with Gasteiger partial charge in [-0.05, 0) is 43.5 Å². The molecular formula is C11H13ClFN. The molecule has 0 atom stereocenters. The van der Waals surface area contributed by atoms with E-state index < -0.39 is 5.67 Å². The lowest BCUT2D eigenvalue weighted by atomic mass is 10.2. The number of aryl methyl sites for hydroxylation is 1. The molecule has 1 fully saturated rings. The SMILES string of the molecule is Cc1cc(Cl)ccc1NCC1(F)CC1. The standard InChI is InChI=1S/C11H13ClFN/c1-8-6-9(12)2-3-10(8)14-7-11(13)4-5-11/h2-3,6,14H,4-5,7H2,1H3. The number of halogens is 2. The molecule has 0 radical (unpaired) electrons. The van der Waals surface area contributed by atoms with Crippen molar-refractivity contribution in [1.29, 1.82) is 0 Å². The Kier molecular flexibility index (Phi) is 2.40. The summed E-state index contributed by atoms with van der Waals surface area (Å²) in [4.78, 5) is 0. The fourth-order valence-electron chi connectivity index (χ4n) is 1.39. The zero-order valence-electron chi connectivity index (χ0n) is 8.11. The number of rotatable bonds is 3. The summed E-state index contributed by atoms with van der Waals surface area (Å²) in [7, 11) is 0. The first-order valence-corrected chi connectivity index (χ1v) is 5.16. The van der Waals surface area contributed by atoms with Crippen molar-refractivity contribution in [3.63, 3.8) is 0 Å². The molecule has 0 aromatic heterocycles. The van der Waals surface area contributed by atoms with E-state index in [-0.39, 0.29) is 0 Å². The van der Waals surface area contributed by atoms with Crippen LogP contribution in [0.25, 0.3) is 0 Å². The quantitative estimate of drug-likeness (QED) is 0.810. The van der Waals surface area contributed by atoms with Gasteiger partial charge in [-0.2, -0.15) is 0 Å². The molecule has 0 amide bonds. The van der Waals surface area contributed by atoms with E-state index in [4.69, 9.17) is 11.6 Å². The monoisotopic (exact) mass is 213 g/mol. The highest BCUT2D eigenvalue weighted by molar-refractivity contribution is 6.30. The van der Waals surface area contributed by atoms with Gasteiger partial charge in [0.1, 0.15) is 5.67 Å². The van der Waals surface area contributed by atoms with Crippen molar-refractivity contribution >= 4 is 17.3 Å². The molecule has 0 heterocycles. The number of benzene rings is 1. The minimum absolute atomic E-state index is 0.412. The molecule has 1 saturated carbocycles. The van der Waals surface area contributed by atoms with Crippen molar-refractivity contribution in [3.8, 4) is 0 Å². The maximum atomic E-state index is 13.3. The van der Waals surface area contributed by atoms with Crippen LogP contribution < -0.4 is 5.32 Å². The summed E-state index contributed by atoms with van der Waals surface area (Å²) in [5.41, 5.74) is 1.08. The van der Waals surface area contributed by atoms with Crippen molar-refractivity contribution in [1.82, 2.24) is 0 Å². The highest BCUT2D eigenvalue weighted by Gasteiger charge is 2.42. The van der Waals surface area contributed by atoms with Crippen molar-refractivity contribution in [2.45, 2.75) is 25.4 Å². The van der Waals surface area contributed by atoms with Crippen molar-refractivity contribution in [2.24, 2.45) is 0 Å². The number of hydrogen-bond donors (Lipinski definition) is 1. The van der Waals surface area contributed by atoms with Crippen LogP contribution >= 0.6 is 11.6 Å². The maximum absolute atomic E-state index is 13.3. The Morgan fingerprint density at radius 1 is 1.50 bits per heavy atom. The first kappa shape index (κ1) is 9.78. The van der Waals surface area contributed by atoms with Crippen LogP contribution in [0.15, 0.2) is 18.2 Å². The fraction of sp³-hybridized carbons (Fsp3) is 0.455. The van der Waals surface area contributed by atoms with E-state index in [2.05, 4.69) is 5.32 Å². The molecule has 0 saturated heterocycles. The summed E-state index contributed by atoms with van der Waals surface area (Å²) in [5, 5.41) is 3.83. The average molecular weight is 214 g/mol. The van der Waals surface area contributed by atoms with E-state index in [0.717, 1.165) is 16.3 Å². The zero-order chi connectivity index (χ0) is 10.2. The number of anilines is 1. The molecule has 14 heavy (non-hydrogen) atoms. The second-order valence-electron chi connectivity index (χ2n) is 3.96. The Labute approximate surface area is 88.3 Å². The molecule has 0 unspecified atom stereocenters. The van der Waals surface area contributed by atoms with Gasteiger partial charge < -0.3 is 5.32 Å². The summed E-state index contributed by atoms with van der Waals surface area (Å²) in [6.45, 7) is 2.38. The summed E-state index contributed by atoms with van der Waals surface area (Å²) >= 11 is 5.82. The molecule has 1 N–H and O–H groups in total. The van der Waals surface area contributed by atoms with Gasteiger partial charge in [0, 0.05) is 17.3 Å². The Bertz CT molecular complexity index is 347.